The number of piperidine rings is 1. The summed E-state index contributed by atoms with van der Waals surface area (Å²) in [6.07, 6.45) is 1.28. The summed E-state index contributed by atoms with van der Waals surface area (Å²) in [7, 11) is -3.64. The van der Waals surface area contributed by atoms with Crippen molar-refractivity contribution in [2.45, 2.75) is 30.7 Å². The number of amides is 1. The van der Waals surface area contributed by atoms with E-state index in [0.717, 1.165) is 11.4 Å². The molecule has 2 heterocycles. The van der Waals surface area contributed by atoms with Crippen molar-refractivity contribution in [3.63, 3.8) is 0 Å². The number of carbonyl (C=O) groups excluding carboxylic acids is 1. The molecule has 2 aliphatic heterocycles. The zero-order valence-corrected chi connectivity index (χ0v) is 20.3. The lowest BCUT2D eigenvalue weighted by atomic mass is 9.95. The van der Waals surface area contributed by atoms with Gasteiger partial charge in [0.1, 0.15) is 4.90 Å². The van der Waals surface area contributed by atoms with Crippen molar-refractivity contribution in [2.75, 3.05) is 23.7 Å². The monoisotopic (exact) mass is 488 g/mol. The van der Waals surface area contributed by atoms with Crippen LogP contribution >= 0.6 is 0 Å². The van der Waals surface area contributed by atoms with Crippen LogP contribution in [0.25, 0.3) is 0 Å². The maximum atomic E-state index is 12.9. The molecule has 1 fully saturated rings. The highest BCUT2D eigenvalue weighted by atomic mass is 32.2. The van der Waals surface area contributed by atoms with Gasteiger partial charge >= 0.3 is 0 Å². The first-order valence-corrected chi connectivity index (χ1v) is 13.3. The van der Waals surface area contributed by atoms with E-state index in [1.54, 1.807) is 18.2 Å². The summed E-state index contributed by atoms with van der Waals surface area (Å²) in [5, 5.41) is 6.50. The van der Waals surface area contributed by atoms with Crippen molar-refractivity contribution in [1.82, 2.24) is 4.90 Å². The van der Waals surface area contributed by atoms with Crippen LogP contribution in [0.4, 0.5) is 11.4 Å². The highest BCUT2D eigenvalue weighted by molar-refractivity contribution is 7.90. The van der Waals surface area contributed by atoms with Crippen molar-refractivity contribution in [3.05, 3.63) is 90.0 Å². The fraction of sp³-hybridized carbons (Fsp3) is 0.259. The molecule has 2 N–H and O–H groups in total. The van der Waals surface area contributed by atoms with E-state index in [-0.39, 0.29) is 22.8 Å². The van der Waals surface area contributed by atoms with E-state index in [0.29, 0.717) is 37.3 Å². The molecule has 0 saturated carbocycles. The van der Waals surface area contributed by atoms with Crippen LogP contribution in [0.15, 0.2) is 88.2 Å². The molecule has 1 amide bonds. The minimum atomic E-state index is -3.64. The van der Waals surface area contributed by atoms with Crippen LogP contribution in [-0.4, -0.2) is 38.2 Å². The van der Waals surface area contributed by atoms with Crippen LogP contribution in [-0.2, 0) is 14.8 Å². The Labute approximate surface area is 205 Å². The smallest absolute Gasteiger partial charge is 0.285 e. The van der Waals surface area contributed by atoms with Gasteiger partial charge in [-0.3, -0.25) is 4.79 Å². The maximum absolute atomic E-state index is 12.9. The van der Waals surface area contributed by atoms with Gasteiger partial charge in [0, 0.05) is 42.0 Å². The van der Waals surface area contributed by atoms with E-state index in [2.05, 4.69) is 34.1 Å². The number of benzene rings is 3. The van der Waals surface area contributed by atoms with E-state index in [4.69, 9.17) is 0 Å². The van der Waals surface area contributed by atoms with E-state index in [1.807, 2.05) is 53.4 Å². The Morgan fingerprint density at radius 2 is 1.54 bits per heavy atom. The van der Waals surface area contributed by atoms with Gasteiger partial charge in [0.15, 0.2) is 5.84 Å². The molecule has 7 nitrogen and oxygen atoms in total. The largest absolute Gasteiger partial charge is 0.379 e. The lowest BCUT2D eigenvalue weighted by Gasteiger charge is -2.32. The minimum Gasteiger partial charge on any atom is -0.379 e. The van der Waals surface area contributed by atoms with Gasteiger partial charge in [-0.25, -0.2) is 0 Å². The average Bonchev–Trinajstić information content (AvgIpc) is 3.16. The second-order valence-corrected chi connectivity index (χ2v) is 10.6. The first-order chi connectivity index (χ1) is 16.9. The van der Waals surface area contributed by atoms with Gasteiger partial charge < -0.3 is 15.5 Å². The number of amidine groups is 1. The zero-order valence-electron chi connectivity index (χ0n) is 19.5. The van der Waals surface area contributed by atoms with Crippen LogP contribution in [0.5, 0.6) is 0 Å². The Kier molecular flexibility index (Phi) is 6.30. The van der Waals surface area contributed by atoms with E-state index in [1.165, 1.54) is 5.56 Å². The van der Waals surface area contributed by atoms with Crippen LogP contribution < -0.4 is 10.6 Å². The SMILES string of the molecule is CC(Nc1ccc(NC(=O)C2CCN(C3=NS(=O)(=O)c4ccccc43)CC2)cc1)c1ccccc1. The summed E-state index contributed by atoms with van der Waals surface area (Å²) >= 11 is 0. The number of nitrogens with one attached hydrogen (secondary N) is 2. The molecule has 0 bridgehead atoms. The van der Waals surface area contributed by atoms with Gasteiger partial charge in [-0.2, -0.15) is 8.42 Å². The number of nitrogens with zero attached hydrogens (tertiary/aromatic N) is 2. The third-order valence-electron chi connectivity index (χ3n) is 6.61. The van der Waals surface area contributed by atoms with Crippen LogP contribution in [0, 0.1) is 5.92 Å². The van der Waals surface area contributed by atoms with Crippen molar-refractivity contribution in [3.8, 4) is 0 Å². The van der Waals surface area contributed by atoms with Gasteiger partial charge in [0.25, 0.3) is 10.0 Å². The molecule has 0 aliphatic carbocycles. The number of fused-ring (bicyclic) bond motifs is 1. The highest BCUT2D eigenvalue weighted by Gasteiger charge is 2.34. The van der Waals surface area contributed by atoms with Crippen molar-refractivity contribution < 1.29 is 13.2 Å². The molecule has 0 aromatic heterocycles. The second kappa shape index (κ2) is 9.54. The molecular weight excluding hydrogens is 460 g/mol. The standard InChI is InChI=1S/C27H28N4O3S/c1-19(20-7-3-2-4-8-20)28-22-11-13-23(14-12-22)29-27(32)21-15-17-31(18-16-21)26-24-9-5-6-10-25(24)35(33,34)30-26/h2-14,19,21,28H,15-18H2,1H3,(H,29,32). The Balaban J connectivity index is 1.16. The molecule has 2 aliphatic rings. The average molecular weight is 489 g/mol. The van der Waals surface area contributed by atoms with E-state index < -0.39 is 10.0 Å². The molecule has 1 atom stereocenters. The quantitative estimate of drug-likeness (QED) is 0.545. The molecule has 5 rings (SSSR count). The maximum Gasteiger partial charge on any atom is 0.285 e. The molecule has 3 aromatic rings. The summed E-state index contributed by atoms with van der Waals surface area (Å²) < 4.78 is 28.7. The van der Waals surface area contributed by atoms with E-state index in [9.17, 15) is 13.2 Å². The van der Waals surface area contributed by atoms with Crippen molar-refractivity contribution in [1.29, 1.82) is 0 Å². The van der Waals surface area contributed by atoms with Crippen LogP contribution in [0.1, 0.15) is 36.9 Å². The van der Waals surface area contributed by atoms with Crippen LogP contribution in [0.3, 0.4) is 0 Å². The van der Waals surface area contributed by atoms with Gasteiger partial charge in [0.05, 0.1) is 0 Å². The summed E-state index contributed by atoms with van der Waals surface area (Å²) in [4.78, 5) is 15.1. The predicted molar refractivity (Wildman–Crippen MR) is 138 cm³/mol. The Hall–Kier alpha value is -3.65. The van der Waals surface area contributed by atoms with Crippen molar-refractivity contribution >= 4 is 33.1 Å². The lowest BCUT2D eigenvalue weighted by molar-refractivity contribution is -0.120. The minimum absolute atomic E-state index is 0.00982. The molecule has 1 unspecified atom stereocenters. The first kappa shape index (κ1) is 23.1. The summed E-state index contributed by atoms with van der Waals surface area (Å²) in [5.74, 6) is 0.354. The fourth-order valence-corrected chi connectivity index (χ4v) is 5.87. The molecule has 8 heteroatoms. The third-order valence-corrected chi connectivity index (χ3v) is 7.94. The first-order valence-electron chi connectivity index (χ1n) is 11.8. The molecule has 180 valence electrons. The number of hydrogen-bond acceptors (Lipinski definition) is 5. The Bertz CT molecular complexity index is 1350. The lowest BCUT2D eigenvalue weighted by Crippen LogP contribution is -2.41. The summed E-state index contributed by atoms with van der Waals surface area (Å²) in [5.41, 5.74) is 3.60. The number of sulfonamides is 1. The Morgan fingerprint density at radius 3 is 2.26 bits per heavy atom. The normalized spacial score (nSPS) is 17.9. The fourth-order valence-electron chi connectivity index (χ4n) is 4.64. The topological polar surface area (TPSA) is 90.9 Å². The summed E-state index contributed by atoms with van der Waals surface area (Å²) in [6.45, 7) is 3.28. The molecular formula is C27H28N4O3S. The van der Waals surface area contributed by atoms with Crippen molar-refractivity contribution in [2.24, 2.45) is 10.3 Å². The molecule has 1 saturated heterocycles. The molecule has 0 spiro atoms. The molecule has 0 radical (unpaired) electrons. The molecule has 35 heavy (non-hydrogen) atoms. The van der Waals surface area contributed by atoms with Gasteiger partial charge in [-0.15, -0.1) is 4.40 Å². The summed E-state index contributed by atoms with van der Waals surface area (Å²) in [6, 6.07) is 25.1. The number of hydrogen-bond donors (Lipinski definition) is 2. The van der Waals surface area contributed by atoms with Crippen LogP contribution in [0.2, 0.25) is 0 Å². The zero-order chi connectivity index (χ0) is 24.4. The van der Waals surface area contributed by atoms with E-state index >= 15 is 0 Å². The van der Waals surface area contributed by atoms with Gasteiger partial charge in [-0.05, 0) is 61.7 Å². The predicted octanol–water partition coefficient (Wildman–Crippen LogP) is 4.66. The highest BCUT2D eigenvalue weighted by Crippen LogP contribution is 2.30. The Morgan fingerprint density at radius 1 is 0.914 bits per heavy atom. The number of anilines is 2. The molecule has 3 aromatic carbocycles. The van der Waals surface area contributed by atoms with Gasteiger partial charge in [-0.1, -0.05) is 42.5 Å². The number of rotatable bonds is 5. The second-order valence-electron chi connectivity index (χ2n) is 8.99. The number of likely N-dealkylation sites (tertiary alicyclic amines) is 1. The van der Waals surface area contributed by atoms with Gasteiger partial charge in [0.2, 0.25) is 5.91 Å². The number of carbonyl (C=O) groups is 1. The third kappa shape index (κ3) is 4.93.